The Labute approximate surface area is 313 Å². The van der Waals surface area contributed by atoms with Gasteiger partial charge in [-0.25, -0.2) is 4.79 Å². The highest BCUT2D eigenvalue weighted by molar-refractivity contribution is 5.99. The fraction of sp³-hybridized carbons (Fsp3) is 0.548. The van der Waals surface area contributed by atoms with Crippen molar-refractivity contribution in [3.8, 4) is 11.1 Å². The first-order valence-corrected chi connectivity index (χ1v) is 19.4. The maximum atomic E-state index is 14.2. The van der Waals surface area contributed by atoms with Crippen LogP contribution in [0.15, 0.2) is 46.0 Å². The molecule has 2 aliphatic rings. The van der Waals surface area contributed by atoms with E-state index in [9.17, 15) is 14.4 Å². The van der Waals surface area contributed by atoms with Crippen molar-refractivity contribution in [2.75, 3.05) is 58.9 Å². The Hall–Kier alpha value is -4.19. The SMILES string of the molecule is CCN(c1cc(-c2ccc3c(c2)n(C)c(=O)n3C2CCN(C)CC2)cc(C(=O)NCc2c(C)cc(C)[nH]c2=O)c1C)C1CCC(N(C)CCOC)CC1. The number of methoxy groups -OCH3 is 1. The Bertz CT molecular complexity index is 2050. The van der Waals surface area contributed by atoms with E-state index in [0.29, 0.717) is 23.2 Å². The zero-order valence-electron chi connectivity index (χ0n) is 33.1. The van der Waals surface area contributed by atoms with E-state index in [0.717, 1.165) is 116 Å². The smallest absolute Gasteiger partial charge is 0.329 e. The number of hydrogen-bond acceptors (Lipinski definition) is 7. The monoisotopic (exact) mass is 725 g/mol. The average Bonchev–Trinajstić information content (AvgIpc) is 3.39. The van der Waals surface area contributed by atoms with E-state index in [2.05, 4.69) is 70.3 Å². The Kier molecular flexibility index (Phi) is 12.0. The van der Waals surface area contributed by atoms with Crippen LogP contribution < -0.4 is 21.5 Å². The van der Waals surface area contributed by atoms with Gasteiger partial charge in [0, 0.05) is 74.4 Å². The predicted octanol–water partition coefficient (Wildman–Crippen LogP) is 5.53. The summed E-state index contributed by atoms with van der Waals surface area (Å²) in [6, 6.07) is 13.5. The number of anilines is 1. The molecule has 3 heterocycles. The first-order chi connectivity index (χ1) is 25.4. The number of carbonyl (C=O) groups is 1. The van der Waals surface area contributed by atoms with Gasteiger partial charge in [-0.1, -0.05) is 6.07 Å². The van der Waals surface area contributed by atoms with Gasteiger partial charge >= 0.3 is 5.69 Å². The number of hydrogen-bond donors (Lipinski definition) is 2. The van der Waals surface area contributed by atoms with Gasteiger partial charge in [-0.3, -0.25) is 18.7 Å². The highest BCUT2D eigenvalue weighted by Crippen LogP contribution is 2.37. The van der Waals surface area contributed by atoms with Gasteiger partial charge in [-0.15, -0.1) is 0 Å². The number of piperidine rings is 1. The fourth-order valence-corrected chi connectivity index (χ4v) is 8.77. The summed E-state index contributed by atoms with van der Waals surface area (Å²) in [5.74, 6) is -0.216. The Morgan fingerprint density at radius 1 is 0.925 bits per heavy atom. The second kappa shape index (κ2) is 16.4. The molecule has 4 aromatic rings. The Morgan fingerprint density at radius 3 is 2.28 bits per heavy atom. The van der Waals surface area contributed by atoms with Crippen LogP contribution in [0.3, 0.4) is 0 Å². The molecule has 2 aromatic carbocycles. The summed E-state index contributed by atoms with van der Waals surface area (Å²) < 4.78 is 9.09. The van der Waals surface area contributed by atoms with Crippen LogP contribution in [-0.4, -0.2) is 95.9 Å². The second-order valence-corrected chi connectivity index (χ2v) is 15.5. The minimum Gasteiger partial charge on any atom is -0.383 e. The molecule has 1 saturated heterocycles. The molecule has 1 aliphatic carbocycles. The van der Waals surface area contributed by atoms with Gasteiger partial charge in [0.2, 0.25) is 0 Å². The van der Waals surface area contributed by atoms with Crippen molar-refractivity contribution in [2.24, 2.45) is 7.05 Å². The van der Waals surface area contributed by atoms with Crippen LogP contribution in [0.4, 0.5) is 5.69 Å². The zero-order valence-corrected chi connectivity index (χ0v) is 33.1. The highest BCUT2D eigenvalue weighted by Gasteiger charge is 2.30. The van der Waals surface area contributed by atoms with E-state index in [1.165, 1.54) is 0 Å². The van der Waals surface area contributed by atoms with Crippen LogP contribution in [0, 0.1) is 20.8 Å². The number of aromatic amines is 1. The maximum absolute atomic E-state index is 14.2. The summed E-state index contributed by atoms with van der Waals surface area (Å²) in [6.45, 7) is 12.5. The third kappa shape index (κ3) is 8.03. The van der Waals surface area contributed by atoms with Crippen LogP contribution in [0.25, 0.3) is 22.2 Å². The molecule has 11 heteroatoms. The Balaban J connectivity index is 1.37. The first-order valence-electron chi connectivity index (χ1n) is 19.4. The molecule has 0 bridgehead atoms. The number of benzene rings is 2. The summed E-state index contributed by atoms with van der Waals surface area (Å²) in [4.78, 5) is 50.7. The quantitative estimate of drug-likeness (QED) is 0.198. The number of likely N-dealkylation sites (N-methyl/N-ethyl adjacent to an activating group) is 1. The van der Waals surface area contributed by atoms with Crippen LogP contribution in [-0.2, 0) is 18.3 Å². The zero-order chi connectivity index (χ0) is 38.0. The molecule has 1 aliphatic heterocycles. The summed E-state index contributed by atoms with van der Waals surface area (Å²) >= 11 is 0. The summed E-state index contributed by atoms with van der Waals surface area (Å²) in [6.07, 6.45) is 6.24. The van der Waals surface area contributed by atoms with Gasteiger partial charge in [0.05, 0.1) is 17.6 Å². The minimum absolute atomic E-state index is 0.0124. The normalized spacial score (nSPS) is 18.6. The molecule has 1 amide bonds. The first kappa shape index (κ1) is 38.5. The molecule has 1 saturated carbocycles. The van der Waals surface area contributed by atoms with Crippen molar-refractivity contribution < 1.29 is 9.53 Å². The van der Waals surface area contributed by atoms with Gasteiger partial charge in [0.1, 0.15) is 0 Å². The summed E-state index contributed by atoms with van der Waals surface area (Å²) in [5, 5.41) is 3.08. The lowest BCUT2D eigenvalue weighted by Gasteiger charge is -2.41. The Morgan fingerprint density at radius 2 is 1.62 bits per heavy atom. The lowest BCUT2D eigenvalue weighted by Crippen LogP contribution is -2.44. The van der Waals surface area contributed by atoms with Crippen molar-refractivity contribution >= 4 is 22.6 Å². The number of aromatic nitrogens is 3. The van der Waals surface area contributed by atoms with E-state index in [-0.39, 0.29) is 29.7 Å². The number of likely N-dealkylation sites (tertiary alicyclic amines) is 1. The summed E-state index contributed by atoms with van der Waals surface area (Å²) in [7, 11) is 7.94. The predicted molar refractivity (Wildman–Crippen MR) is 214 cm³/mol. The molecule has 2 aromatic heterocycles. The molecule has 2 N–H and O–H groups in total. The largest absolute Gasteiger partial charge is 0.383 e. The molecule has 2 fully saturated rings. The number of nitrogens with one attached hydrogen (secondary N) is 2. The minimum atomic E-state index is -0.216. The number of rotatable bonds is 12. The van der Waals surface area contributed by atoms with E-state index >= 15 is 0 Å². The molecule has 6 rings (SSSR count). The number of nitrogens with zero attached hydrogens (tertiary/aromatic N) is 5. The van der Waals surface area contributed by atoms with Gasteiger partial charge in [-0.2, -0.15) is 0 Å². The van der Waals surface area contributed by atoms with Crippen LogP contribution in [0.1, 0.15) is 84.2 Å². The molecule has 0 spiro atoms. The molecule has 53 heavy (non-hydrogen) atoms. The maximum Gasteiger partial charge on any atom is 0.329 e. The van der Waals surface area contributed by atoms with Crippen molar-refractivity contribution in [1.82, 2.24) is 29.2 Å². The summed E-state index contributed by atoms with van der Waals surface area (Å²) in [5.41, 5.74) is 8.30. The number of aryl methyl sites for hydroxylation is 3. The number of H-pyrrole nitrogens is 1. The van der Waals surface area contributed by atoms with Gasteiger partial charge in [-0.05, 0) is 146 Å². The lowest BCUT2D eigenvalue weighted by atomic mass is 9.88. The molecule has 11 nitrogen and oxygen atoms in total. The van der Waals surface area contributed by atoms with Gasteiger partial charge in [0.25, 0.3) is 11.5 Å². The van der Waals surface area contributed by atoms with E-state index in [4.69, 9.17) is 4.74 Å². The third-order valence-corrected chi connectivity index (χ3v) is 12.0. The molecule has 0 unspecified atom stereocenters. The van der Waals surface area contributed by atoms with Crippen molar-refractivity contribution in [3.63, 3.8) is 0 Å². The molecular weight excluding hydrogens is 667 g/mol. The van der Waals surface area contributed by atoms with Gasteiger partial charge in [0.15, 0.2) is 0 Å². The number of amides is 1. The second-order valence-electron chi connectivity index (χ2n) is 15.5. The lowest BCUT2D eigenvalue weighted by molar-refractivity contribution is 0.0950. The molecule has 0 atom stereocenters. The van der Waals surface area contributed by atoms with E-state index < -0.39 is 0 Å². The average molecular weight is 726 g/mol. The number of fused-ring (bicyclic) bond motifs is 1. The fourth-order valence-electron chi connectivity index (χ4n) is 8.77. The van der Waals surface area contributed by atoms with E-state index in [1.54, 1.807) is 11.7 Å². The van der Waals surface area contributed by atoms with Crippen molar-refractivity contribution in [3.05, 3.63) is 85.2 Å². The van der Waals surface area contributed by atoms with Crippen LogP contribution >= 0.6 is 0 Å². The third-order valence-electron chi connectivity index (χ3n) is 12.0. The standard InChI is InChI=1S/C42H59N7O4/c1-9-48(33-13-11-32(12-14-33)46(6)20-21-53-8)38-25-31(23-35(29(38)4)40(50)43-26-36-27(2)22-28(3)44-41(36)51)30-10-15-37-39(24-30)47(7)42(52)49(37)34-16-18-45(5)19-17-34/h10,15,22-25,32-34H,9,11-14,16-21,26H2,1-8H3,(H,43,50)(H,44,51). The molecule has 0 radical (unpaired) electrons. The van der Waals surface area contributed by atoms with Crippen molar-refractivity contribution in [2.45, 2.75) is 90.9 Å². The molecular formula is C42H59N7O4. The highest BCUT2D eigenvalue weighted by atomic mass is 16.5. The number of pyridine rings is 1. The van der Waals surface area contributed by atoms with Crippen molar-refractivity contribution in [1.29, 1.82) is 0 Å². The van der Waals surface area contributed by atoms with Crippen LogP contribution in [0.5, 0.6) is 0 Å². The van der Waals surface area contributed by atoms with E-state index in [1.807, 2.05) is 44.5 Å². The number of carbonyl (C=O) groups excluding carboxylic acids is 1. The van der Waals surface area contributed by atoms with Crippen LogP contribution in [0.2, 0.25) is 0 Å². The topological polar surface area (TPSA) is 108 Å². The van der Waals surface area contributed by atoms with Gasteiger partial charge < -0.3 is 29.7 Å². The molecule has 286 valence electrons. The number of imidazole rings is 1. The number of ether oxygens (including phenoxy) is 1.